The van der Waals surface area contributed by atoms with Crippen LogP contribution < -0.4 is 9.64 Å². The second kappa shape index (κ2) is 9.21. The number of anilines is 1. The molecule has 0 amide bonds. The molecule has 1 fully saturated rings. The van der Waals surface area contributed by atoms with Crippen LogP contribution in [0.2, 0.25) is 5.02 Å². The van der Waals surface area contributed by atoms with Crippen molar-refractivity contribution in [3.8, 4) is 17.0 Å². The van der Waals surface area contributed by atoms with Crippen molar-refractivity contribution in [2.75, 3.05) is 37.7 Å². The van der Waals surface area contributed by atoms with Crippen molar-refractivity contribution in [3.63, 3.8) is 0 Å². The highest BCUT2D eigenvalue weighted by Gasteiger charge is 2.30. The Morgan fingerprint density at radius 2 is 1.71 bits per heavy atom. The van der Waals surface area contributed by atoms with Crippen LogP contribution in [0.15, 0.2) is 65.7 Å². The first-order chi connectivity index (χ1) is 15.0. The van der Waals surface area contributed by atoms with Gasteiger partial charge in [0.15, 0.2) is 0 Å². The highest BCUT2D eigenvalue weighted by atomic mass is 35.5. The van der Waals surface area contributed by atoms with Crippen LogP contribution in [0, 0.1) is 0 Å². The second-order valence-electron chi connectivity index (χ2n) is 7.02. The molecule has 9 heteroatoms. The van der Waals surface area contributed by atoms with Gasteiger partial charge in [-0.2, -0.15) is 4.31 Å². The third-order valence-corrected chi connectivity index (χ3v) is 7.48. The molecule has 1 saturated heterocycles. The summed E-state index contributed by atoms with van der Waals surface area (Å²) >= 11 is 6.11. The van der Waals surface area contributed by atoms with Gasteiger partial charge in [0, 0.05) is 37.9 Å². The minimum Gasteiger partial charge on any atom is -0.494 e. The summed E-state index contributed by atoms with van der Waals surface area (Å²) in [5.74, 6) is 1.40. The molecule has 1 aliphatic heterocycles. The Balaban J connectivity index is 1.47. The van der Waals surface area contributed by atoms with Crippen LogP contribution in [-0.4, -0.2) is 55.5 Å². The van der Waals surface area contributed by atoms with Crippen LogP contribution in [-0.2, 0) is 10.0 Å². The van der Waals surface area contributed by atoms with E-state index in [0.29, 0.717) is 38.7 Å². The van der Waals surface area contributed by atoms with Gasteiger partial charge >= 0.3 is 0 Å². The standard InChI is InChI=1S/C22H23ClN4O3S/c1-2-30-18-9-7-17(8-10-18)20-11-12-24-22(25-20)26-13-15-27(16-14-26)31(28,29)21-6-4-3-5-19(21)23/h3-12H,2,13-16H2,1H3. The molecule has 0 aliphatic carbocycles. The zero-order chi connectivity index (χ0) is 21.8. The minimum absolute atomic E-state index is 0.138. The molecule has 7 nitrogen and oxygen atoms in total. The minimum atomic E-state index is -3.64. The molecule has 0 saturated carbocycles. The first-order valence-electron chi connectivity index (χ1n) is 10.0. The van der Waals surface area contributed by atoms with Crippen molar-refractivity contribution in [1.29, 1.82) is 0 Å². The van der Waals surface area contributed by atoms with Crippen molar-refractivity contribution < 1.29 is 13.2 Å². The number of halogens is 1. The highest BCUT2D eigenvalue weighted by molar-refractivity contribution is 7.89. The third-order valence-electron chi connectivity index (χ3n) is 5.08. The van der Waals surface area contributed by atoms with E-state index in [0.717, 1.165) is 17.0 Å². The van der Waals surface area contributed by atoms with Crippen molar-refractivity contribution >= 4 is 27.6 Å². The molecule has 0 radical (unpaired) electrons. The Labute approximate surface area is 187 Å². The summed E-state index contributed by atoms with van der Waals surface area (Å²) in [6.45, 7) is 4.24. The van der Waals surface area contributed by atoms with Crippen molar-refractivity contribution in [1.82, 2.24) is 14.3 Å². The maximum atomic E-state index is 12.9. The molecule has 0 atom stereocenters. The van der Waals surface area contributed by atoms with Gasteiger partial charge in [-0.25, -0.2) is 18.4 Å². The van der Waals surface area contributed by atoms with E-state index in [2.05, 4.69) is 9.97 Å². The molecular weight excluding hydrogens is 436 g/mol. The number of hydrogen-bond acceptors (Lipinski definition) is 6. The van der Waals surface area contributed by atoms with Gasteiger partial charge in [-0.1, -0.05) is 23.7 Å². The van der Waals surface area contributed by atoms with E-state index in [1.807, 2.05) is 42.2 Å². The SMILES string of the molecule is CCOc1ccc(-c2ccnc(N3CCN(S(=O)(=O)c4ccccc4Cl)CC3)n2)cc1. The smallest absolute Gasteiger partial charge is 0.244 e. The summed E-state index contributed by atoms with van der Waals surface area (Å²) in [6, 6.07) is 16.1. The normalized spacial score (nSPS) is 15.1. The first kappa shape index (κ1) is 21.5. The number of benzene rings is 2. The quantitative estimate of drug-likeness (QED) is 0.560. The summed E-state index contributed by atoms with van der Waals surface area (Å²) in [5, 5.41) is 0.233. The number of aromatic nitrogens is 2. The predicted molar refractivity (Wildman–Crippen MR) is 121 cm³/mol. The lowest BCUT2D eigenvalue weighted by molar-refractivity contribution is 0.340. The molecule has 1 aliphatic rings. The average Bonchev–Trinajstić information content (AvgIpc) is 2.80. The van der Waals surface area contributed by atoms with Gasteiger partial charge in [0.25, 0.3) is 0 Å². The molecule has 0 N–H and O–H groups in total. The van der Waals surface area contributed by atoms with Crippen LogP contribution in [0.4, 0.5) is 5.95 Å². The third kappa shape index (κ3) is 4.66. The lowest BCUT2D eigenvalue weighted by Crippen LogP contribution is -2.49. The Bertz CT molecular complexity index is 1150. The van der Waals surface area contributed by atoms with Crippen molar-refractivity contribution in [3.05, 3.63) is 65.8 Å². The highest BCUT2D eigenvalue weighted by Crippen LogP contribution is 2.26. The Hall–Kier alpha value is -2.68. The molecule has 0 spiro atoms. The fourth-order valence-corrected chi connectivity index (χ4v) is 5.39. The van der Waals surface area contributed by atoms with Crippen LogP contribution >= 0.6 is 11.6 Å². The Morgan fingerprint density at radius 3 is 2.39 bits per heavy atom. The summed E-state index contributed by atoms with van der Waals surface area (Å²) in [7, 11) is -3.64. The molecule has 3 aromatic rings. The van der Waals surface area contributed by atoms with E-state index in [-0.39, 0.29) is 9.92 Å². The number of ether oxygens (including phenoxy) is 1. The maximum absolute atomic E-state index is 12.9. The maximum Gasteiger partial charge on any atom is 0.244 e. The lowest BCUT2D eigenvalue weighted by Gasteiger charge is -2.34. The van der Waals surface area contributed by atoms with Crippen LogP contribution in [0.3, 0.4) is 0 Å². The zero-order valence-corrected chi connectivity index (χ0v) is 18.7. The molecular formula is C22H23ClN4O3S. The summed E-state index contributed by atoms with van der Waals surface area (Å²) < 4.78 is 32.8. The van der Waals surface area contributed by atoms with E-state index in [4.69, 9.17) is 16.3 Å². The lowest BCUT2D eigenvalue weighted by atomic mass is 10.1. The number of hydrogen-bond donors (Lipinski definition) is 0. The fourth-order valence-electron chi connectivity index (χ4n) is 3.47. The number of sulfonamides is 1. The predicted octanol–water partition coefficient (Wildman–Crippen LogP) is 3.71. The van der Waals surface area contributed by atoms with Gasteiger partial charge in [-0.05, 0) is 49.4 Å². The van der Waals surface area contributed by atoms with Gasteiger partial charge in [0.2, 0.25) is 16.0 Å². The van der Waals surface area contributed by atoms with Crippen LogP contribution in [0.1, 0.15) is 6.92 Å². The van der Waals surface area contributed by atoms with Crippen molar-refractivity contribution in [2.24, 2.45) is 0 Å². The molecule has 4 rings (SSSR count). The van der Waals surface area contributed by atoms with E-state index in [9.17, 15) is 8.42 Å². The molecule has 0 bridgehead atoms. The van der Waals surface area contributed by atoms with E-state index >= 15 is 0 Å². The number of nitrogens with zero attached hydrogens (tertiary/aromatic N) is 4. The van der Waals surface area contributed by atoms with E-state index in [1.54, 1.807) is 24.4 Å². The average molecular weight is 459 g/mol. The monoisotopic (exact) mass is 458 g/mol. The summed E-state index contributed by atoms with van der Waals surface area (Å²) in [5.41, 5.74) is 1.77. The molecule has 0 unspecified atom stereocenters. The van der Waals surface area contributed by atoms with Gasteiger partial charge in [0.05, 0.1) is 17.3 Å². The van der Waals surface area contributed by atoms with Crippen molar-refractivity contribution in [2.45, 2.75) is 11.8 Å². The molecule has 1 aromatic heterocycles. The largest absolute Gasteiger partial charge is 0.494 e. The molecule has 2 heterocycles. The van der Waals surface area contributed by atoms with E-state index < -0.39 is 10.0 Å². The summed E-state index contributed by atoms with van der Waals surface area (Å²) in [4.78, 5) is 11.2. The molecule has 2 aromatic carbocycles. The zero-order valence-electron chi connectivity index (χ0n) is 17.1. The second-order valence-corrected chi connectivity index (χ2v) is 9.33. The van der Waals surface area contributed by atoms with Crippen LogP contribution in [0.5, 0.6) is 5.75 Å². The Kier molecular flexibility index (Phi) is 6.41. The van der Waals surface area contributed by atoms with E-state index in [1.165, 1.54) is 10.4 Å². The topological polar surface area (TPSA) is 75.6 Å². The van der Waals surface area contributed by atoms with Crippen LogP contribution in [0.25, 0.3) is 11.3 Å². The van der Waals surface area contributed by atoms with Gasteiger partial charge in [-0.3, -0.25) is 0 Å². The number of piperazine rings is 1. The van der Waals surface area contributed by atoms with Gasteiger partial charge < -0.3 is 9.64 Å². The van der Waals surface area contributed by atoms with Gasteiger partial charge in [-0.15, -0.1) is 0 Å². The fraction of sp³-hybridized carbons (Fsp3) is 0.273. The van der Waals surface area contributed by atoms with Gasteiger partial charge in [0.1, 0.15) is 10.6 Å². The molecule has 31 heavy (non-hydrogen) atoms. The molecule has 162 valence electrons. The number of rotatable bonds is 6. The summed E-state index contributed by atoms with van der Waals surface area (Å²) in [6.07, 6.45) is 1.72. The Morgan fingerprint density at radius 1 is 1.00 bits per heavy atom. The first-order valence-corrected chi connectivity index (χ1v) is 11.9.